The van der Waals surface area contributed by atoms with Gasteiger partial charge in [0, 0.05) is 16.1 Å². The van der Waals surface area contributed by atoms with Gasteiger partial charge in [0.2, 0.25) is 0 Å². The number of anilines is 1. The van der Waals surface area contributed by atoms with Crippen molar-refractivity contribution in [2.24, 2.45) is 0 Å². The van der Waals surface area contributed by atoms with Crippen LogP contribution in [0.2, 0.25) is 0 Å². The van der Waals surface area contributed by atoms with E-state index >= 15 is 0 Å². The summed E-state index contributed by atoms with van der Waals surface area (Å²) in [5, 5.41) is 13.3. The van der Waals surface area contributed by atoms with Gasteiger partial charge < -0.3 is 5.32 Å². The van der Waals surface area contributed by atoms with Crippen molar-refractivity contribution < 1.29 is 4.79 Å². The number of hydrogen-bond acceptors (Lipinski definition) is 4. The lowest BCUT2D eigenvalue weighted by Gasteiger charge is -2.06. The second-order valence-corrected chi connectivity index (χ2v) is 5.09. The Labute approximate surface area is 119 Å². The molecule has 3 rings (SSSR count). The highest BCUT2D eigenvalue weighted by Crippen LogP contribution is 2.20. The van der Waals surface area contributed by atoms with Gasteiger partial charge in [-0.1, -0.05) is 6.07 Å². The summed E-state index contributed by atoms with van der Waals surface area (Å²) in [5.74, 6) is -0.159. The van der Waals surface area contributed by atoms with E-state index < -0.39 is 0 Å². The quantitative estimate of drug-likeness (QED) is 0.725. The normalized spacial score (nSPS) is 10.7. The molecule has 2 N–H and O–H groups in total. The number of fused-ring (bicyclic) bond motifs is 1. The average molecular weight is 284 g/mol. The molecule has 2 aromatic carbocycles. The fourth-order valence-corrected chi connectivity index (χ4v) is 2.35. The van der Waals surface area contributed by atoms with Crippen molar-refractivity contribution in [1.29, 1.82) is 0 Å². The van der Waals surface area contributed by atoms with Gasteiger partial charge in [-0.3, -0.25) is 4.79 Å². The number of rotatable bonds is 3. The zero-order valence-electron chi connectivity index (χ0n) is 10.8. The lowest BCUT2D eigenvalue weighted by atomic mass is 10.2. The molecule has 0 aliphatic heterocycles. The lowest BCUT2D eigenvalue weighted by molar-refractivity contribution is 0.102. The van der Waals surface area contributed by atoms with Crippen LogP contribution in [0, 0.1) is 0 Å². The van der Waals surface area contributed by atoms with E-state index in [-0.39, 0.29) is 5.91 Å². The Balaban J connectivity index is 1.84. The largest absolute Gasteiger partial charge is 0.322 e. The Bertz CT molecular complexity index is 768. The van der Waals surface area contributed by atoms with E-state index in [1.54, 1.807) is 30.0 Å². The topological polar surface area (TPSA) is 70.7 Å². The van der Waals surface area contributed by atoms with E-state index in [0.29, 0.717) is 11.1 Å². The van der Waals surface area contributed by atoms with Crippen LogP contribution >= 0.6 is 11.8 Å². The Hall–Kier alpha value is -2.34. The second kappa shape index (κ2) is 5.34. The highest BCUT2D eigenvalue weighted by molar-refractivity contribution is 7.98. The Kier molecular flexibility index (Phi) is 3.39. The Morgan fingerprint density at radius 3 is 2.85 bits per heavy atom. The summed E-state index contributed by atoms with van der Waals surface area (Å²) in [4.78, 5) is 13.3. The first-order valence-corrected chi connectivity index (χ1v) is 7.25. The predicted octanol–water partition coefficient (Wildman–Crippen LogP) is 2.93. The Morgan fingerprint density at radius 1 is 1.15 bits per heavy atom. The standard InChI is InChI=1S/C14H12N4OS/c1-20-11-4-2-3-10(8-11)15-14(19)9-5-6-12-13(7-9)17-18-16-12/h2-8H,1H3,(H,15,19)(H,16,17,18). The van der Waals surface area contributed by atoms with Crippen LogP contribution < -0.4 is 5.32 Å². The number of nitrogens with zero attached hydrogens (tertiary/aromatic N) is 2. The molecule has 0 radical (unpaired) electrons. The van der Waals surface area contributed by atoms with Crippen LogP contribution in [-0.4, -0.2) is 27.6 Å². The highest BCUT2D eigenvalue weighted by atomic mass is 32.2. The monoisotopic (exact) mass is 284 g/mol. The minimum atomic E-state index is -0.159. The fraction of sp³-hybridized carbons (Fsp3) is 0.0714. The van der Waals surface area contributed by atoms with E-state index in [2.05, 4.69) is 20.7 Å². The van der Waals surface area contributed by atoms with Crippen LogP contribution in [0.4, 0.5) is 5.69 Å². The Morgan fingerprint density at radius 2 is 2.00 bits per heavy atom. The van der Waals surface area contributed by atoms with E-state index in [9.17, 15) is 4.79 Å². The highest BCUT2D eigenvalue weighted by Gasteiger charge is 2.08. The number of carbonyl (C=O) groups excluding carboxylic acids is 1. The molecule has 0 saturated carbocycles. The summed E-state index contributed by atoms with van der Waals surface area (Å²) in [5.41, 5.74) is 2.75. The number of aromatic nitrogens is 3. The van der Waals surface area contributed by atoms with Crippen LogP contribution in [0.15, 0.2) is 47.4 Å². The smallest absolute Gasteiger partial charge is 0.255 e. The molecule has 0 atom stereocenters. The van der Waals surface area contributed by atoms with Crippen LogP contribution in [-0.2, 0) is 0 Å². The van der Waals surface area contributed by atoms with Gasteiger partial charge in [0.25, 0.3) is 5.91 Å². The van der Waals surface area contributed by atoms with Crippen molar-refractivity contribution in [3.63, 3.8) is 0 Å². The number of thioether (sulfide) groups is 1. The first kappa shape index (κ1) is 12.7. The molecule has 6 heteroatoms. The third kappa shape index (κ3) is 2.50. The molecule has 0 fully saturated rings. The first-order chi connectivity index (χ1) is 9.76. The molecule has 100 valence electrons. The third-order valence-corrected chi connectivity index (χ3v) is 3.63. The van der Waals surface area contributed by atoms with Crippen molar-refractivity contribution in [3.8, 4) is 0 Å². The number of amides is 1. The molecule has 1 amide bonds. The summed E-state index contributed by atoms with van der Waals surface area (Å²) in [6.45, 7) is 0. The molecule has 0 aliphatic rings. The van der Waals surface area contributed by atoms with Gasteiger partial charge in [0.1, 0.15) is 11.0 Å². The summed E-state index contributed by atoms with van der Waals surface area (Å²) in [6, 6.07) is 12.9. The van der Waals surface area contributed by atoms with Gasteiger partial charge in [-0.05, 0) is 42.7 Å². The van der Waals surface area contributed by atoms with E-state index in [1.807, 2.05) is 30.5 Å². The van der Waals surface area contributed by atoms with Crippen molar-refractivity contribution in [1.82, 2.24) is 15.4 Å². The number of aromatic amines is 1. The second-order valence-electron chi connectivity index (χ2n) is 4.21. The third-order valence-electron chi connectivity index (χ3n) is 2.91. The summed E-state index contributed by atoms with van der Waals surface area (Å²) in [7, 11) is 0. The maximum atomic E-state index is 12.2. The number of hydrogen-bond donors (Lipinski definition) is 2. The molecular weight excluding hydrogens is 272 g/mol. The van der Waals surface area contributed by atoms with Crippen LogP contribution in [0.3, 0.4) is 0 Å². The molecule has 1 aromatic heterocycles. The minimum Gasteiger partial charge on any atom is -0.322 e. The van der Waals surface area contributed by atoms with Crippen molar-refractivity contribution >= 4 is 34.4 Å². The number of nitrogens with one attached hydrogen (secondary N) is 2. The molecule has 0 saturated heterocycles. The number of benzene rings is 2. The molecule has 0 unspecified atom stereocenters. The van der Waals surface area contributed by atoms with Gasteiger partial charge in [-0.25, -0.2) is 0 Å². The van der Waals surface area contributed by atoms with Crippen LogP contribution in [0.25, 0.3) is 11.0 Å². The molecular formula is C14H12N4OS. The van der Waals surface area contributed by atoms with E-state index in [1.165, 1.54) is 0 Å². The van der Waals surface area contributed by atoms with Crippen LogP contribution in [0.1, 0.15) is 10.4 Å². The zero-order valence-corrected chi connectivity index (χ0v) is 11.6. The number of carbonyl (C=O) groups is 1. The molecule has 20 heavy (non-hydrogen) atoms. The summed E-state index contributed by atoms with van der Waals surface area (Å²) >= 11 is 1.64. The number of H-pyrrole nitrogens is 1. The maximum Gasteiger partial charge on any atom is 0.255 e. The van der Waals surface area contributed by atoms with Crippen LogP contribution in [0.5, 0.6) is 0 Å². The van der Waals surface area contributed by atoms with Gasteiger partial charge in [0.05, 0.1) is 0 Å². The fourth-order valence-electron chi connectivity index (χ4n) is 1.89. The SMILES string of the molecule is CSc1cccc(NC(=O)c2ccc3n[nH]nc3c2)c1. The van der Waals surface area contributed by atoms with Gasteiger partial charge >= 0.3 is 0 Å². The van der Waals surface area contributed by atoms with Gasteiger partial charge in [-0.15, -0.1) is 11.8 Å². The lowest BCUT2D eigenvalue weighted by Crippen LogP contribution is -2.11. The van der Waals surface area contributed by atoms with E-state index in [0.717, 1.165) is 16.1 Å². The zero-order chi connectivity index (χ0) is 13.9. The van der Waals surface area contributed by atoms with Gasteiger partial charge in [-0.2, -0.15) is 15.4 Å². The van der Waals surface area contributed by atoms with Crippen molar-refractivity contribution in [2.45, 2.75) is 4.90 Å². The first-order valence-electron chi connectivity index (χ1n) is 6.02. The summed E-state index contributed by atoms with van der Waals surface area (Å²) < 4.78 is 0. The molecule has 0 spiro atoms. The molecule has 3 aromatic rings. The minimum absolute atomic E-state index is 0.159. The van der Waals surface area contributed by atoms with Crippen molar-refractivity contribution in [3.05, 3.63) is 48.0 Å². The molecule has 0 bridgehead atoms. The van der Waals surface area contributed by atoms with E-state index in [4.69, 9.17) is 0 Å². The summed E-state index contributed by atoms with van der Waals surface area (Å²) in [6.07, 6.45) is 2.00. The maximum absolute atomic E-state index is 12.2. The predicted molar refractivity (Wildman–Crippen MR) is 80.1 cm³/mol. The van der Waals surface area contributed by atoms with Crippen molar-refractivity contribution in [2.75, 3.05) is 11.6 Å². The molecule has 5 nitrogen and oxygen atoms in total. The average Bonchev–Trinajstić information content (AvgIpc) is 2.94. The molecule has 1 heterocycles. The molecule has 0 aliphatic carbocycles. The van der Waals surface area contributed by atoms with Gasteiger partial charge in [0.15, 0.2) is 0 Å².